The monoisotopic (exact) mass is 374 g/mol. The van der Waals surface area contributed by atoms with E-state index in [0.717, 1.165) is 23.0 Å². The maximum Gasteiger partial charge on any atom is 0.157 e. The summed E-state index contributed by atoms with van der Waals surface area (Å²) in [5, 5.41) is 11.8. The van der Waals surface area contributed by atoms with E-state index in [0.29, 0.717) is 17.3 Å². The van der Waals surface area contributed by atoms with Gasteiger partial charge in [-0.25, -0.2) is 4.98 Å². The van der Waals surface area contributed by atoms with Crippen molar-refractivity contribution in [1.82, 2.24) is 4.98 Å². The highest BCUT2D eigenvalue weighted by molar-refractivity contribution is 9.10. The normalized spacial score (nSPS) is 17.8. The third-order valence-electron chi connectivity index (χ3n) is 4.01. The van der Waals surface area contributed by atoms with Crippen LogP contribution < -0.4 is 0 Å². The predicted octanol–water partition coefficient (Wildman–Crippen LogP) is 4.20. The number of ketones is 1. The Bertz CT molecular complexity index is 762. The lowest BCUT2D eigenvalue weighted by Gasteiger charge is -2.10. The zero-order valence-corrected chi connectivity index (χ0v) is 14.6. The molecule has 1 aliphatic rings. The second kappa shape index (κ2) is 6.31. The number of benzene rings is 1. The highest BCUT2D eigenvalue weighted by Crippen LogP contribution is 2.33. The molecular formula is C17H15BrN2OS. The number of carbonyl (C=O) groups excluding carboxylic acids is 1. The Kier molecular flexibility index (Phi) is 4.42. The van der Waals surface area contributed by atoms with Gasteiger partial charge in [-0.15, -0.1) is 11.3 Å². The number of hydrogen-bond acceptors (Lipinski definition) is 4. The number of fused-ring (bicyclic) bond motifs is 1. The molecule has 0 saturated carbocycles. The van der Waals surface area contributed by atoms with Crippen LogP contribution >= 0.6 is 27.3 Å². The van der Waals surface area contributed by atoms with Gasteiger partial charge in [0.15, 0.2) is 11.7 Å². The molecular weight excluding hydrogens is 360 g/mol. The molecule has 1 aromatic carbocycles. The van der Waals surface area contributed by atoms with Crippen LogP contribution in [0.25, 0.3) is 0 Å². The van der Waals surface area contributed by atoms with E-state index in [1.807, 2.05) is 18.4 Å². The molecule has 0 saturated heterocycles. The van der Waals surface area contributed by atoms with Gasteiger partial charge in [0.2, 0.25) is 0 Å². The molecule has 3 rings (SSSR count). The van der Waals surface area contributed by atoms with E-state index < -0.39 is 5.92 Å². The van der Waals surface area contributed by atoms with Crippen molar-refractivity contribution in [2.75, 3.05) is 0 Å². The van der Waals surface area contributed by atoms with Gasteiger partial charge >= 0.3 is 0 Å². The lowest BCUT2D eigenvalue weighted by molar-refractivity contribution is -0.120. The number of carbonyl (C=O) groups is 1. The predicted molar refractivity (Wildman–Crippen MR) is 89.9 cm³/mol. The minimum atomic E-state index is -0.714. The van der Waals surface area contributed by atoms with Crippen LogP contribution in [0.3, 0.4) is 0 Å². The third-order valence-corrected chi connectivity index (χ3v) is 5.53. The topological polar surface area (TPSA) is 53.8 Å². The van der Waals surface area contributed by atoms with Crippen molar-refractivity contribution in [1.29, 1.82) is 5.26 Å². The van der Waals surface area contributed by atoms with Gasteiger partial charge in [0.05, 0.1) is 6.07 Å². The third kappa shape index (κ3) is 3.13. The molecule has 2 atom stereocenters. The molecule has 0 fully saturated rings. The summed E-state index contributed by atoms with van der Waals surface area (Å²) in [5.74, 6) is -0.420. The summed E-state index contributed by atoms with van der Waals surface area (Å²) in [5.41, 5.74) is 3.50. The second-order valence-corrected chi connectivity index (χ2v) is 7.55. The van der Waals surface area contributed by atoms with Gasteiger partial charge in [-0.1, -0.05) is 22.0 Å². The largest absolute Gasteiger partial charge is 0.298 e. The van der Waals surface area contributed by atoms with Crippen molar-refractivity contribution < 1.29 is 4.79 Å². The van der Waals surface area contributed by atoms with Crippen LogP contribution in [-0.2, 0) is 17.6 Å². The summed E-state index contributed by atoms with van der Waals surface area (Å²) >= 11 is 4.88. The van der Waals surface area contributed by atoms with Crippen molar-refractivity contribution in [2.45, 2.75) is 32.1 Å². The number of Topliss-reactive ketones (excluding diaryl/α,β-unsaturated/α-hetero) is 1. The number of aryl methyl sites for hydroxylation is 1. The molecule has 0 spiro atoms. The van der Waals surface area contributed by atoms with E-state index in [4.69, 9.17) is 0 Å². The summed E-state index contributed by atoms with van der Waals surface area (Å²) in [6.45, 7) is 1.88. The quantitative estimate of drug-likeness (QED) is 0.805. The number of rotatable bonds is 4. The van der Waals surface area contributed by atoms with Crippen LogP contribution in [0.15, 0.2) is 28.1 Å². The van der Waals surface area contributed by atoms with Gasteiger partial charge in [-0.2, -0.15) is 5.26 Å². The van der Waals surface area contributed by atoms with E-state index in [1.165, 1.54) is 22.5 Å². The van der Waals surface area contributed by atoms with Crippen LogP contribution in [0, 0.1) is 24.2 Å². The van der Waals surface area contributed by atoms with Crippen molar-refractivity contribution in [2.24, 2.45) is 5.92 Å². The van der Waals surface area contributed by atoms with E-state index >= 15 is 0 Å². The molecule has 0 aliphatic heterocycles. The fourth-order valence-electron chi connectivity index (χ4n) is 2.99. The Morgan fingerprint density at radius 1 is 1.50 bits per heavy atom. The minimum Gasteiger partial charge on any atom is -0.298 e. The van der Waals surface area contributed by atoms with Crippen molar-refractivity contribution >= 4 is 33.0 Å². The molecule has 5 heteroatoms. The zero-order valence-electron chi connectivity index (χ0n) is 12.2. The first-order valence-electron chi connectivity index (χ1n) is 7.18. The van der Waals surface area contributed by atoms with E-state index in [2.05, 4.69) is 39.1 Å². The Morgan fingerprint density at radius 2 is 2.27 bits per heavy atom. The molecule has 2 aromatic rings. The molecule has 1 heterocycles. The van der Waals surface area contributed by atoms with E-state index in [1.54, 1.807) is 0 Å². The summed E-state index contributed by atoms with van der Waals surface area (Å²) in [4.78, 5) is 16.8. The van der Waals surface area contributed by atoms with Crippen LogP contribution in [0.1, 0.15) is 34.2 Å². The first-order valence-corrected chi connectivity index (χ1v) is 8.85. The second-order valence-electron chi connectivity index (χ2n) is 5.75. The SMILES string of the molecule is Cc1csc(C(C#N)C(=O)CC2Cc3ccc(Br)cc3C2)n1. The lowest BCUT2D eigenvalue weighted by atomic mass is 9.93. The van der Waals surface area contributed by atoms with Crippen LogP contribution in [0.4, 0.5) is 0 Å². The van der Waals surface area contributed by atoms with Gasteiger partial charge in [0.1, 0.15) is 5.01 Å². The van der Waals surface area contributed by atoms with Crippen LogP contribution in [-0.4, -0.2) is 10.8 Å². The van der Waals surface area contributed by atoms with Crippen molar-refractivity contribution in [3.8, 4) is 6.07 Å². The number of hydrogen-bond donors (Lipinski definition) is 0. The summed E-state index contributed by atoms with van der Waals surface area (Å²) in [7, 11) is 0. The molecule has 112 valence electrons. The van der Waals surface area contributed by atoms with Crippen LogP contribution in [0.2, 0.25) is 0 Å². The van der Waals surface area contributed by atoms with Crippen molar-refractivity contribution in [3.63, 3.8) is 0 Å². The average Bonchev–Trinajstić information content (AvgIpc) is 3.05. The number of thiazole rings is 1. The molecule has 0 amide bonds. The first-order chi connectivity index (χ1) is 10.6. The van der Waals surface area contributed by atoms with E-state index in [9.17, 15) is 10.1 Å². The summed E-state index contributed by atoms with van der Waals surface area (Å²) < 4.78 is 1.08. The van der Waals surface area contributed by atoms with Crippen molar-refractivity contribution in [3.05, 3.63) is 49.9 Å². The fourth-order valence-corrected chi connectivity index (χ4v) is 4.26. The van der Waals surface area contributed by atoms with Gasteiger partial charge < -0.3 is 0 Å². The highest BCUT2D eigenvalue weighted by atomic mass is 79.9. The Morgan fingerprint density at radius 3 is 2.95 bits per heavy atom. The lowest BCUT2D eigenvalue weighted by Crippen LogP contribution is -2.16. The number of halogens is 1. The maximum absolute atomic E-state index is 12.5. The minimum absolute atomic E-state index is 0.00581. The average molecular weight is 375 g/mol. The molecule has 0 N–H and O–H groups in total. The summed E-state index contributed by atoms with van der Waals surface area (Å²) in [6, 6.07) is 8.42. The maximum atomic E-state index is 12.5. The number of nitriles is 1. The number of nitrogens with zero attached hydrogens (tertiary/aromatic N) is 2. The van der Waals surface area contributed by atoms with E-state index in [-0.39, 0.29) is 5.78 Å². The van der Waals surface area contributed by atoms with Gasteiger partial charge in [-0.3, -0.25) is 4.79 Å². The Balaban J connectivity index is 1.69. The highest BCUT2D eigenvalue weighted by Gasteiger charge is 2.29. The molecule has 1 aliphatic carbocycles. The van der Waals surface area contributed by atoms with Crippen LogP contribution in [0.5, 0.6) is 0 Å². The smallest absolute Gasteiger partial charge is 0.157 e. The molecule has 2 unspecified atom stereocenters. The van der Waals surface area contributed by atoms with Gasteiger partial charge in [0, 0.05) is 22.0 Å². The zero-order chi connectivity index (χ0) is 15.7. The van der Waals surface area contributed by atoms with Gasteiger partial charge in [0.25, 0.3) is 0 Å². The summed E-state index contributed by atoms with van der Waals surface area (Å²) in [6.07, 6.45) is 2.28. The standard InChI is InChI=1S/C17H15BrN2OS/c1-10-9-22-17(20-10)15(8-19)16(21)6-11-4-12-2-3-14(18)7-13(12)5-11/h2-3,7,9,11,15H,4-6H2,1H3. The Labute approximate surface area is 142 Å². The first kappa shape index (κ1) is 15.4. The molecule has 3 nitrogen and oxygen atoms in total. The molecule has 0 bridgehead atoms. The Hall–Kier alpha value is -1.51. The molecule has 0 radical (unpaired) electrons. The van der Waals surface area contributed by atoms with Gasteiger partial charge in [-0.05, 0) is 48.9 Å². The number of aromatic nitrogens is 1. The fraction of sp³-hybridized carbons (Fsp3) is 0.353. The molecule has 1 aromatic heterocycles. The molecule has 22 heavy (non-hydrogen) atoms.